The predicted molar refractivity (Wildman–Crippen MR) is 64.7 cm³/mol. The third-order valence-electron chi connectivity index (χ3n) is 3.20. The van der Waals surface area contributed by atoms with Crippen molar-refractivity contribution in [3.05, 3.63) is 21.9 Å². The van der Waals surface area contributed by atoms with Crippen molar-refractivity contribution in [2.75, 3.05) is 13.1 Å². The lowest BCUT2D eigenvalue weighted by Crippen LogP contribution is -2.44. The van der Waals surface area contributed by atoms with Crippen molar-refractivity contribution in [1.29, 1.82) is 0 Å². The average molecular weight is 239 g/mol. The van der Waals surface area contributed by atoms with Crippen molar-refractivity contribution in [1.82, 2.24) is 4.90 Å². The van der Waals surface area contributed by atoms with Gasteiger partial charge in [-0.1, -0.05) is 6.92 Å². The van der Waals surface area contributed by atoms with Gasteiger partial charge in [-0.3, -0.25) is 4.79 Å². The maximum atomic E-state index is 12.2. The largest absolute Gasteiger partial charge is 0.393 e. The van der Waals surface area contributed by atoms with Gasteiger partial charge in [-0.05, 0) is 36.3 Å². The van der Waals surface area contributed by atoms with Gasteiger partial charge in [0.15, 0.2) is 0 Å². The van der Waals surface area contributed by atoms with E-state index in [1.165, 1.54) is 11.3 Å². The number of hydrogen-bond donors (Lipinski definition) is 1. The molecule has 0 aliphatic carbocycles. The highest BCUT2D eigenvalue weighted by Gasteiger charge is 2.28. The van der Waals surface area contributed by atoms with Crippen molar-refractivity contribution in [2.45, 2.75) is 26.4 Å². The summed E-state index contributed by atoms with van der Waals surface area (Å²) in [5.41, 5.74) is 1.05. The van der Waals surface area contributed by atoms with Gasteiger partial charge in [0.05, 0.1) is 11.0 Å². The Balaban J connectivity index is 2.09. The molecule has 4 heteroatoms. The Hall–Kier alpha value is -0.870. The van der Waals surface area contributed by atoms with Crippen LogP contribution in [-0.2, 0) is 0 Å². The summed E-state index contributed by atoms with van der Waals surface area (Å²) in [5.74, 6) is 0.296. The molecule has 2 rings (SSSR count). The number of likely N-dealkylation sites (tertiary alicyclic amines) is 1. The number of aryl methyl sites for hydroxylation is 1. The molecule has 1 aromatic heterocycles. The van der Waals surface area contributed by atoms with Crippen LogP contribution >= 0.6 is 11.3 Å². The Morgan fingerprint density at radius 1 is 1.62 bits per heavy atom. The third-order valence-corrected chi connectivity index (χ3v) is 4.21. The van der Waals surface area contributed by atoms with E-state index >= 15 is 0 Å². The summed E-state index contributed by atoms with van der Waals surface area (Å²) >= 11 is 1.50. The topological polar surface area (TPSA) is 40.5 Å². The number of amides is 1. The minimum atomic E-state index is -0.256. The van der Waals surface area contributed by atoms with Crippen LogP contribution in [0.1, 0.15) is 28.6 Å². The SMILES string of the molecule is Cc1ccsc1C(=O)N1CCC(O)C(C)C1. The first-order valence-corrected chi connectivity index (χ1v) is 6.49. The lowest BCUT2D eigenvalue weighted by molar-refractivity contribution is 0.0300. The van der Waals surface area contributed by atoms with Gasteiger partial charge in [0.25, 0.3) is 5.91 Å². The van der Waals surface area contributed by atoms with Crippen LogP contribution in [0.5, 0.6) is 0 Å². The number of nitrogens with zero attached hydrogens (tertiary/aromatic N) is 1. The molecule has 0 aromatic carbocycles. The number of aliphatic hydroxyl groups excluding tert-OH is 1. The fourth-order valence-electron chi connectivity index (χ4n) is 2.05. The molecule has 0 saturated carbocycles. The fourth-order valence-corrected chi connectivity index (χ4v) is 2.95. The van der Waals surface area contributed by atoms with Crippen LogP contribution in [-0.4, -0.2) is 35.1 Å². The Morgan fingerprint density at radius 3 is 2.94 bits per heavy atom. The second-order valence-corrected chi connectivity index (χ2v) is 5.43. The molecule has 1 aromatic rings. The van der Waals surface area contributed by atoms with E-state index in [1.54, 1.807) is 0 Å². The summed E-state index contributed by atoms with van der Waals surface area (Å²) < 4.78 is 0. The molecular formula is C12H17NO2S. The quantitative estimate of drug-likeness (QED) is 0.813. The zero-order valence-electron chi connectivity index (χ0n) is 9.64. The van der Waals surface area contributed by atoms with E-state index in [2.05, 4.69) is 0 Å². The Kier molecular flexibility index (Phi) is 3.30. The molecule has 2 unspecified atom stereocenters. The molecule has 0 spiro atoms. The van der Waals surface area contributed by atoms with E-state index in [-0.39, 0.29) is 17.9 Å². The Morgan fingerprint density at radius 2 is 2.38 bits per heavy atom. The molecule has 0 bridgehead atoms. The molecule has 1 aliphatic rings. The fraction of sp³-hybridized carbons (Fsp3) is 0.583. The van der Waals surface area contributed by atoms with Crippen LogP contribution in [0.25, 0.3) is 0 Å². The van der Waals surface area contributed by atoms with Crippen molar-refractivity contribution in [3.8, 4) is 0 Å². The molecule has 3 nitrogen and oxygen atoms in total. The average Bonchev–Trinajstić information content (AvgIpc) is 2.67. The molecule has 88 valence electrons. The highest BCUT2D eigenvalue weighted by atomic mass is 32.1. The van der Waals surface area contributed by atoms with Crippen molar-refractivity contribution >= 4 is 17.2 Å². The molecule has 16 heavy (non-hydrogen) atoms. The van der Waals surface area contributed by atoms with E-state index in [0.717, 1.165) is 10.4 Å². The molecule has 2 heterocycles. The highest BCUT2D eigenvalue weighted by molar-refractivity contribution is 7.12. The van der Waals surface area contributed by atoms with Gasteiger partial charge >= 0.3 is 0 Å². The molecule has 1 N–H and O–H groups in total. The number of rotatable bonds is 1. The van der Waals surface area contributed by atoms with Gasteiger partial charge in [0.1, 0.15) is 0 Å². The lowest BCUT2D eigenvalue weighted by atomic mass is 9.96. The van der Waals surface area contributed by atoms with Gasteiger partial charge in [-0.2, -0.15) is 0 Å². The second-order valence-electron chi connectivity index (χ2n) is 4.52. The van der Waals surface area contributed by atoms with Crippen LogP contribution in [0, 0.1) is 12.8 Å². The molecule has 1 aliphatic heterocycles. The summed E-state index contributed by atoms with van der Waals surface area (Å²) in [6, 6.07) is 1.97. The first kappa shape index (κ1) is 11.6. The van der Waals surface area contributed by atoms with Gasteiger partial charge in [0, 0.05) is 13.1 Å². The summed E-state index contributed by atoms with van der Waals surface area (Å²) in [4.78, 5) is 14.9. The molecule has 1 fully saturated rings. The minimum absolute atomic E-state index is 0.117. The zero-order chi connectivity index (χ0) is 11.7. The Bertz CT molecular complexity index is 388. The maximum absolute atomic E-state index is 12.2. The number of piperidine rings is 1. The number of aliphatic hydroxyl groups is 1. The van der Waals surface area contributed by atoms with Gasteiger partial charge in [-0.15, -0.1) is 11.3 Å². The number of carbonyl (C=O) groups excluding carboxylic acids is 1. The number of hydrogen-bond acceptors (Lipinski definition) is 3. The molecular weight excluding hydrogens is 222 g/mol. The zero-order valence-corrected chi connectivity index (χ0v) is 10.5. The van der Waals surface area contributed by atoms with E-state index in [1.807, 2.05) is 30.2 Å². The smallest absolute Gasteiger partial charge is 0.264 e. The highest BCUT2D eigenvalue weighted by Crippen LogP contribution is 2.22. The minimum Gasteiger partial charge on any atom is -0.393 e. The van der Waals surface area contributed by atoms with Crippen LogP contribution < -0.4 is 0 Å². The van der Waals surface area contributed by atoms with Crippen LogP contribution in [0.4, 0.5) is 0 Å². The molecule has 0 radical (unpaired) electrons. The monoisotopic (exact) mass is 239 g/mol. The van der Waals surface area contributed by atoms with Crippen LogP contribution in [0.2, 0.25) is 0 Å². The standard InChI is InChI=1S/C12H17NO2S/c1-8-4-6-16-11(8)12(15)13-5-3-10(14)9(2)7-13/h4,6,9-10,14H,3,5,7H2,1-2H3. The summed E-state index contributed by atoms with van der Waals surface area (Å²) in [5, 5.41) is 11.6. The van der Waals surface area contributed by atoms with E-state index in [9.17, 15) is 9.90 Å². The second kappa shape index (κ2) is 4.55. The van der Waals surface area contributed by atoms with Crippen LogP contribution in [0.15, 0.2) is 11.4 Å². The molecule has 1 amide bonds. The van der Waals surface area contributed by atoms with Crippen molar-refractivity contribution < 1.29 is 9.90 Å². The van der Waals surface area contributed by atoms with Crippen LogP contribution in [0.3, 0.4) is 0 Å². The lowest BCUT2D eigenvalue weighted by Gasteiger charge is -2.34. The number of carbonyl (C=O) groups is 1. The first-order chi connectivity index (χ1) is 7.59. The van der Waals surface area contributed by atoms with E-state index in [4.69, 9.17) is 0 Å². The normalized spacial score (nSPS) is 25.8. The predicted octanol–water partition coefficient (Wildman–Crippen LogP) is 1.90. The van der Waals surface area contributed by atoms with Gasteiger partial charge in [0.2, 0.25) is 0 Å². The van der Waals surface area contributed by atoms with Crippen molar-refractivity contribution in [2.24, 2.45) is 5.92 Å². The van der Waals surface area contributed by atoms with Crippen molar-refractivity contribution in [3.63, 3.8) is 0 Å². The summed E-state index contributed by atoms with van der Waals surface area (Å²) in [6.45, 7) is 5.29. The maximum Gasteiger partial charge on any atom is 0.264 e. The Labute approximate surface area is 99.7 Å². The van der Waals surface area contributed by atoms with Gasteiger partial charge in [-0.25, -0.2) is 0 Å². The molecule has 1 saturated heterocycles. The molecule has 2 atom stereocenters. The first-order valence-electron chi connectivity index (χ1n) is 5.61. The van der Waals surface area contributed by atoms with E-state index in [0.29, 0.717) is 19.5 Å². The summed E-state index contributed by atoms with van der Waals surface area (Å²) in [6.07, 6.45) is 0.436. The number of thiophene rings is 1. The summed E-state index contributed by atoms with van der Waals surface area (Å²) in [7, 11) is 0. The van der Waals surface area contributed by atoms with Gasteiger partial charge < -0.3 is 10.0 Å². The van der Waals surface area contributed by atoms with E-state index < -0.39 is 0 Å². The third kappa shape index (κ3) is 2.13.